The number of aromatic amines is 1. The van der Waals surface area contributed by atoms with Gasteiger partial charge in [0, 0.05) is 23.5 Å². The van der Waals surface area contributed by atoms with Crippen molar-refractivity contribution in [3.63, 3.8) is 0 Å². The minimum atomic E-state index is -0.293. The van der Waals surface area contributed by atoms with Gasteiger partial charge in [0.2, 0.25) is 0 Å². The quantitative estimate of drug-likeness (QED) is 0.316. The lowest BCUT2D eigenvalue weighted by molar-refractivity contribution is -0.130. The molecule has 0 saturated heterocycles. The summed E-state index contributed by atoms with van der Waals surface area (Å²) in [6.07, 6.45) is 4.04. The van der Waals surface area contributed by atoms with Crippen LogP contribution in [0.3, 0.4) is 0 Å². The van der Waals surface area contributed by atoms with Crippen LogP contribution in [-0.2, 0) is 4.79 Å². The number of furan rings is 1. The molecule has 1 aliphatic rings. The number of aromatic nitrogens is 3. The van der Waals surface area contributed by atoms with Crippen LogP contribution in [0.25, 0.3) is 22.4 Å². The number of nitrogens with one attached hydrogen (secondary N) is 1. The third-order valence-corrected chi connectivity index (χ3v) is 6.77. The summed E-state index contributed by atoms with van der Waals surface area (Å²) in [5.74, 6) is 1.06. The SMILES string of the molecule is Cc1ccc(C2=NN(C(=O)CSc3nnc(-c4c[nH]c5ccccc45)o3)C(c3ccco3)C2)cc1. The van der Waals surface area contributed by atoms with E-state index in [0.29, 0.717) is 23.3 Å². The number of benzene rings is 2. The molecule has 1 atom stereocenters. The normalized spacial score (nSPS) is 15.6. The highest BCUT2D eigenvalue weighted by molar-refractivity contribution is 7.99. The zero-order valence-corrected chi connectivity index (χ0v) is 19.7. The second-order valence-electron chi connectivity index (χ2n) is 8.30. The van der Waals surface area contributed by atoms with Crippen LogP contribution >= 0.6 is 11.8 Å². The molecule has 1 unspecified atom stereocenters. The van der Waals surface area contributed by atoms with Crippen molar-refractivity contribution in [3.05, 3.63) is 90.0 Å². The van der Waals surface area contributed by atoms with E-state index in [1.165, 1.54) is 22.3 Å². The predicted octanol–water partition coefficient (Wildman–Crippen LogP) is 5.59. The van der Waals surface area contributed by atoms with Gasteiger partial charge in [0.25, 0.3) is 17.0 Å². The highest BCUT2D eigenvalue weighted by Crippen LogP contribution is 2.34. The Hall–Kier alpha value is -4.11. The molecule has 174 valence electrons. The molecular weight excluding hydrogens is 462 g/mol. The summed E-state index contributed by atoms with van der Waals surface area (Å²) < 4.78 is 11.5. The van der Waals surface area contributed by atoms with Crippen LogP contribution in [0.2, 0.25) is 0 Å². The fraction of sp³-hybridized carbons (Fsp3) is 0.154. The number of amides is 1. The molecule has 5 aromatic rings. The molecule has 1 aliphatic heterocycles. The number of thioether (sulfide) groups is 1. The number of para-hydroxylation sites is 1. The molecule has 2 aromatic carbocycles. The van der Waals surface area contributed by atoms with E-state index in [1.54, 1.807) is 6.26 Å². The molecule has 0 saturated carbocycles. The Bertz CT molecular complexity index is 1520. The third kappa shape index (κ3) is 4.15. The zero-order valence-electron chi connectivity index (χ0n) is 18.8. The highest BCUT2D eigenvalue weighted by Gasteiger charge is 2.35. The molecule has 0 bridgehead atoms. The summed E-state index contributed by atoms with van der Waals surface area (Å²) in [5, 5.41) is 15.8. The van der Waals surface area contributed by atoms with Gasteiger partial charge in [0.15, 0.2) is 0 Å². The smallest absolute Gasteiger partial charge is 0.277 e. The molecule has 0 radical (unpaired) electrons. The van der Waals surface area contributed by atoms with E-state index in [0.717, 1.165) is 27.7 Å². The van der Waals surface area contributed by atoms with Gasteiger partial charge in [-0.05, 0) is 30.7 Å². The number of fused-ring (bicyclic) bond motifs is 1. The monoisotopic (exact) mass is 483 g/mol. The summed E-state index contributed by atoms with van der Waals surface area (Å²) in [6, 6.07) is 19.4. The first-order chi connectivity index (χ1) is 17.2. The van der Waals surface area contributed by atoms with Crippen molar-refractivity contribution < 1.29 is 13.6 Å². The summed E-state index contributed by atoms with van der Waals surface area (Å²) in [4.78, 5) is 16.4. The number of hydrazone groups is 1. The number of carbonyl (C=O) groups excluding carboxylic acids is 1. The fourth-order valence-corrected chi connectivity index (χ4v) is 4.79. The number of hydrogen-bond acceptors (Lipinski definition) is 7. The van der Waals surface area contributed by atoms with E-state index < -0.39 is 0 Å². The molecule has 8 nitrogen and oxygen atoms in total. The Morgan fingerprint density at radius 2 is 1.97 bits per heavy atom. The van der Waals surface area contributed by atoms with Crippen molar-refractivity contribution >= 4 is 34.3 Å². The number of hydrogen-bond donors (Lipinski definition) is 1. The van der Waals surface area contributed by atoms with Gasteiger partial charge >= 0.3 is 0 Å². The zero-order chi connectivity index (χ0) is 23.8. The number of aryl methyl sites for hydroxylation is 1. The van der Waals surface area contributed by atoms with E-state index in [-0.39, 0.29) is 17.7 Å². The average Bonchev–Trinajstić information content (AvgIpc) is 3.68. The van der Waals surface area contributed by atoms with Crippen molar-refractivity contribution in [1.29, 1.82) is 0 Å². The Labute approximate surface area is 205 Å². The predicted molar refractivity (Wildman–Crippen MR) is 133 cm³/mol. The van der Waals surface area contributed by atoms with E-state index >= 15 is 0 Å². The van der Waals surface area contributed by atoms with Gasteiger partial charge in [-0.2, -0.15) is 5.10 Å². The summed E-state index contributed by atoms with van der Waals surface area (Å²) in [6.45, 7) is 2.04. The second-order valence-corrected chi connectivity index (χ2v) is 9.22. The molecule has 0 aliphatic carbocycles. The molecule has 3 aromatic heterocycles. The van der Waals surface area contributed by atoms with Gasteiger partial charge < -0.3 is 13.8 Å². The minimum absolute atomic E-state index is 0.109. The Morgan fingerprint density at radius 3 is 2.80 bits per heavy atom. The summed E-state index contributed by atoms with van der Waals surface area (Å²) in [5.41, 5.74) is 4.84. The van der Waals surface area contributed by atoms with Crippen LogP contribution < -0.4 is 0 Å². The standard InChI is InChI=1S/C26H21N5O3S/c1-16-8-10-17(11-9-16)21-13-22(23-7-4-12-33-23)31(30-21)24(32)15-35-26-29-28-25(34-26)19-14-27-20-6-3-2-5-18(19)20/h2-12,14,22,27H,13,15H2,1H3. The molecule has 1 N–H and O–H groups in total. The Kier molecular flexibility index (Phi) is 5.46. The fourth-order valence-electron chi connectivity index (χ4n) is 4.18. The van der Waals surface area contributed by atoms with E-state index in [1.807, 2.05) is 73.8 Å². The second kappa shape index (κ2) is 8.92. The van der Waals surface area contributed by atoms with Crippen molar-refractivity contribution in [2.24, 2.45) is 5.10 Å². The molecule has 0 fully saturated rings. The first-order valence-electron chi connectivity index (χ1n) is 11.2. The maximum atomic E-state index is 13.2. The van der Waals surface area contributed by atoms with Gasteiger partial charge in [0.1, 0.15) is 11.8 Å². The summed E-state index contributed by atoms with van der Waals surface area (Å²) >= 11 is 1.20. The number of nitrogens with zero attached hydrogens (tertiary/aromatic N) is 4. The van der Waals surface area contributed by atoms with Gasteiger partial charge in [-0.15, -0.1) is 10.2 Å². The summed E-state index contributed by atoms with van der Waals surface area (Å²) in [7, 11) is 0. The topological polar surface area (TPSA) is 101 Å². The highest BCUT2D eigenvalue weighted by atomic mass is 32.2. The number of H-pyrrole nitrogens is 1. The lowest BCUT2D eigenvalue weighted by atomic mass is 10.0. The van der Waals surface area contributed by atoms with Gasteiger partial charge in [-0.1, -0.05) is 59.8 Å². The van der Waals surface area contributed by atoms with Gasteiger partial charge in [0.05, 0.1) is 23.3 Å². The lowest BCUT2D eigenvalue weighted by Gasteiger charge is -2.19. The lowest BCUT2D eigenvalue weighted by Crippen LogP contribution is -2.28. The Morgan fingerprint density at radius 1 is 1.11 bits per heavy atom. The first kappa shape index (κ1) is 21.4. The molecule has 9 heteroatoms. The Balaban J connectivity index is 1.20. The number of carbonyl (C=O) groups is 1. The molecule has 35 heavy (non-hydrogen) atoms. The van der Waals surface area contributed by atoms with E-state index in [4.69, 9.17) is 8.83 Å². The van der Waals surface area contributed by atoms with Crippen molar-refractivity contribution in [3.8, 4) is 11.5 Å². The van der Waals surface area contributed by atoms with Crippen LogP contribution in [0.5, 0.6) is 0 Å². The van der Waals surface area contributed by atoms with Crippen LogP contribution in [0.1, 0.15) is 29.3 Å². The van der Waals surface area contributed by atoms with Crippen LogP contribution in [0.4, 0.5) is 0 Å². The van der Waals surface area contributed by atoms with Crippen LogP contribution in [0, 0.1) is 6.92 Å². The van der Waals surface area contributed by atoms with Crippen LogP contribution in [-0.4, -0.2) is 37.6 Å². The minimum Gasteiger partial charge on any atom is -0.467 e. The molecule has 6 rings (SSSR count). The molecular formula is C26H21N5O3S. The molecule has 0 spiro atoms. The van der Waals surface area contributed by atoms with Crippen molar-refractivity contribution in [2.75, 3.05) is 5.75 Å². The molecule has 4 heterocycles. The maximum absolute atomic E-state index is 13.2. The first-order valence-corrected chi connectivity index (χ1v) is 12.2. The van der Waals surface area contributed by atoms with E-state index in [9.17, 15) is 4.79 Å². The third-order valence-electron chi connectivity index (χ3n) is 5.97. The van der Waals surface area contributed by atoms with Gasteiger partial charge in [-0.3, -0.25) is 4.79 Å². The van der Waals surface area contributed by atoms with Crippen LogP contribution in [0.15, 0.2) is 92.3 Å². The van der Waals surface area contributed by atoms with Crippen molar-refractivity contribution in [1.82, 2.24) is 20.2 Å². The van der Waals surface area contributed by atoms with Gasteiger partial charge in [-0.25, -0.2) is 5.01 Å². The largest absolute Gasteiger partial charge is 0.467 e. The van der Waals surface area contributed by atoms with Crippen molar-refractivity contribution in [2.45, 2.75) is 24.6 Å². The van der Waals surface area contributed by atoms with E-state index in [2.05, 4.69) is 20.3 Å². The molecule has 1 amide bonds. The number of rotatable bonds is 6. The average molecular weight is 484 g/mol. The maximum Gasteiger partial charge on any atom is 0.277 e.